The monoisotopic (exact) mass is 551 g/mol. The molecule has 0 amide bonds. The van der Waals surface area contributed by atoms with Gasteiger partial charge in [-0.25, -0.2) is 0 Å². The zero-order valence-electron chi connectivity index (χ0n) is 25.7. The van der Waals surface area contributed by atoms with Gasteiger partial charge >= 0.3 is 0 Å². The lowest BCUT2D eigenvalue weighted by Crippen LogP contribution is -2.24. The van der Waals surface area contributed by atoms with Crippen LogP contribution in [0.5, 0.6) is 0 Å². The van der Waals surface area contributed by atoms with Crippen LogP contribution in [0.4, 0.5) is 11.4 Å². The van der Waals surface area contributed by atoms with Crippen molar-refractivity contribution in [3.63, 3.8) is 0 Å². The maximum atomic E-state index is 5.28. The van der Waals surface area contributed by atoms with Gasteiger partial charge in [0.25, 0.3) is 0 Å². The molecule has 1 atom stereocenters. The van der Waals surface area contributed by atoms with Gasteiger partial charge in [-0.1, -0.05) is 132 Å². The highest BCUT2D eigenvalue weighted by molar-refractivity contribution is 6.47. The molecule has 5 rings (SSSR count). The fraction of sp³-hybridized carbons (Fsp3) is 0.256. The lowest BCUT2D eigenvalue weighted by atomic mass is 9.92. The van der Waals surface area contributed by atoms with E-state index in [0.29, 0.717) is 11.8 Å². The van der Waals surface area contributed by atoms with Crippen molar-refractivity contribution in [3.8, 4) is 22.3 Å². The highest BCUT2D eigenvalue weighted by Gasteiger charge is 2.21. The number of dihydropyridines is 1. The van der Waals surface area contributed by atoms with Crippen LogP contribution in [0.25, 0.3) is 22.3 Å². The van der Waals surface area contributed by atoms with Crippen molar-refractivity contribution in [2.24, 2.45) is 15.0 Å². The molecule has 3 nitrogen and oxygen atoms in total. The first kappa shape index (κ1) is 29.1. The zero-order valence-corrected chi connectivity index (χ0v) is 25.7. The van der Waals surface area contributed by atoms with E-state index < -0.39 is 0 Å². The van der Waals surface area contributed by atoms with Crippen molar-refractivity contribution in [2.75, 3.05) is 0 Å². The SMILES string of the molecule is CCC1N=C(C(C)=Nc2c(-c3ccccc3)cccc2-c2ccccc2)C=CC1=Nc1c(C(C)C)cccc1C(C)C. The maximum Gasteiger partial charge on any atom is 0.0925 e. The Kier molecular flexibility index (Phi) is 9.07. The number of para-hydroxylation sites is 2. The summed E-state index contributed by atoms with van der Waals surface area (Å²) < 4.78 is 0. The first-order chi connectivity index (χ1) is 20.4. The first-order valence-electron chi connectivity index (χ1n) is 15.1. The van der Waals surface area contributed by atoms with Crippen LogP contribution >= 0.6 is 0 Å². The van der Waals surface area contributed by atoms with E-state index in [2.05, 4.69) is 139 Å². The Hall–Kier alpha value is -4.37. The predicted octanol–water partition coefficient (Wildman–Crippen LogP) is 10.9. The molecule has 1 aliphatic rings. The molecule has 0 spiro atoms. The van der Waals surface area contributed by atoms with Gasteiger partial charge in [0.05, 0.1) is 34.6 Å². The largest absolute Gasteiger partial charge is 0.274 e. The third kappa shape index (κ3) is 6.26. The smallest absolute Gasteiger partial charge is 0.0925 e. The summed E-state index contributed by atoms with van der Waals surface area (Å²) >= 11 is 0. The third-order valence-electron chi connectivity index (χ3n) is 7.87. The average Bonchev–Trinajstić information content (AvgIpc) is 3.02. The molecule has 0 aromatic heterocycles. The van der Waals surface area contributed by atoms with Crippen LogP contribution < -0.4 is 0 Å². The lowest BCUT2D eigenvalue weighted by Gasteiger charge is -2.21. The van der Waals surface area contributed by atoms with E-state index in [4.69, 9.17) is 15.0 Å². The number of allylic oxidation sites excluding steroid dienone is 1. The molecule has 0 saturated heterocycles. The normalized spacial score (nSPS) is 16.4. The van der Waals surface area contributed by atoms with Gasteiger partial charge in [-0.3, -0.25) is 15.0 Å². The minimum atomic E-state index is -0.0201. The molecule has 1 unspecified atom stereocenters. The van der Waals surface area contributed by atoms with E-state index in [-0.39, 0.29) is 6.04 Å². The van der Waals surface area contributed by atoms with Crippen molar-refractivity contribution in [3.05, 3.63) is 120 Å². The van der Waals surface area contributed by atoms with E-state index in [1.54, 1.807) is 0 Å². The molecule has 42 heavy (non-hydrogen) atoms. The number of hydrogen-bond acceptors (Lipinski definition) is 3. The maximum absolute atomic E-state index is 5.28. The second-order valence-electron chi connectivity index (χ2n) is 11.5. The van der Waals surface area contributed by atoms with E-state index >= 15 is 0 Å². The van der Waals surface area contributed by atoms with E-state index in [0.717, 1.165) is 57.2 Å². The Morgan fingerprint density at radius 2 is 1.19 bits per heavy atom. The standard InChI is InChI=1S/C39H41N3/c1-7-35-37(42-38-31(26(2)3)20-14-21-32(38)27(4)5)25-24-36(41-35)28(6)40-39-33(29-16-10-8-11-17-29)22-15-23-34(39)30-18-12-9-13-19-30/h8-27,35H,7H2,1-6H3. The molecule has 212 valence electrons. The van der Waals surface area contributed by atoms with Crippen LogP contribution in [-0.4, -0.2) is 23.2 Å². The molecule has 0 aliphatic carbocycles. The number of hydrogen-bond donors (Lipinski definition) is 0. The fourth-order valence-corrected chi connectivity index (χ4v) is 5.54. The molecule has 1 aliphatic heterocycles. The summed E-state index contributed by atoms with van der Waals surface area (Å²) in [6.45, 7) is 13.2. The number of aliphatic imine (C=N–C) groups is 3. The van der Waals surface area contributed by atoms with Crippen molar-refractivity contribution >= 4 is 28.5 Å². The van der Waals surface area contributed by atoms with E-state index in [1.807, 2.05) is 12.1 Å². The van der Waals surface area contributed by atoms with Crippen molar-refractivity contribution in [2.45, 2.75) is 65.8 Å². The highest BCUT2D eigenvalue weighted by atomic mass is 14.9. The number of nitrogens with zero attached hydrogens (tertiary/aromatic N) is 3. The lowest BCUT2D eigenvalue weighted by molar-refractivity contribution is 0.815. The Morgan fingerprint density at radius 3 is 1.69 bits per heavy atom. The minimum Gasteiger partial charge on any atom is -0.274 e. The van der Waals surface area contributed by atoms with Crippen LogP contribution in [0.2, 0.25) is 0 Å². The molecule has 0 radical (unpaired) electrons. The molecular weight excluding hydrogens is 510 g/mol. The Morgan fingerprint density at radius 1 is 0.667 bits per heavy atom. The summed E-state index contributed by atoms with van der Waals surface area (Å²) in [5.74, 6) is 0.792. The minimum absolute atomic E-state index is 0.0201. The first-order valence-corrected chi connectivity index (χ1v) is 15.1. The van der Waals surface area contributed by atoms with E-state index in [1.165, 1.54) is 11.1 Å². The van der Waals surface area contributed by atoms with Gasteiger partial charge < -0.3 is 0 Å². The Labute approximate surface area is 251 Å². The second kappa shape index (κ2) is 13.1. The topological polar surface area (TPSA) is 37.1 Å². The van der Waals surface area contributed by atoms with Crippen LogP contribution in [0.15, 0.2) is 124 Å². The number of benzene rings is 4. The van der Waals surface area contributed by atoms with E-state index in [9.17, 15) is 0 Å². The number of rotatable bonds is 8. The van der Waals surface area contributed by atoms with Gasteiger partial charge in [0.2, 0.25) is 0 Å². The van der Waals surface area contributed by atoms with Crippen LogP contribution in [0.1, 0.15) is 70.9 Å². The summed E-state index contributed by atoms with van der Waals surface area (Å²) in [7, 11) is 0. The molecule has 3 heteroatoms. The summed E-state index contributed by atoms with van der Waals surface area (Å²) in [6, 6.07) is 34.0. The van der Waals surface area contributed by atoms with Crippen molar-refractivity contribution in [1.29, 1.82) is 0 Å². The van der Waals surface area contributed by atoms with Crippen molar-refractivity contribution in [1.82, 2.24) is 0 Å². The Bertz CT molecular complexity index is 1570. The second-order valence-corrected chi connectivity index (χ2v) is 11.5. The van der Waals surface area contributed by atoms with Gasteiger partial charge in [0, 0.05) is 11.1 Å². The molecule has 1 heterocycles. The van der Waals surface area contributed by atoms with Crippen molar-refractivity contribution < 1.29 is 0 Å². The highest BCUT2D eigenvalue weighted by Crippen LogP contribution is 2.40. The molecule has 4 aromatic rings. The molecule has 0 saturated carbocycles. The van der Waals surface area contributed by atoms with Crippen LogP contribution in [-0.2, 0) is 0 Å². The van der Waals surface area contributed by atoms with Gasteiger partial charge in [-0.05, 0) is 59.6 Å². The molecular formula is C39H41N3. The van der Waals surface area contributed by atoms with Crippen LogP contribution in [0.3, 0.4) is 0 Å². The zero-order chi connectivity index (χ0) is 29.6. The molecule has 0 N–H and O–H groups in total. The van der Waals surface area contributed by atoms with Gasteiger partial charge in [0.1, 0.15) is 0 Å². The summed E-state index contributed by atoms with van der Waals surface area (Å²) in [5.41, 5.74) is 12.0. The summed E-state index contributed by atoms with van der Waals surface area (Å²) in [5, 5.41) is 0. The molecule has 4 aromatic carbocycles. The Balaban J connectivity index is 1.57. The van der Waals surface area contributed by atoms with Crippen LogP contribution in [0, 0.1) is 0 Å². The average molecular weight is 552 g/mol. The van der Waals surface area contributed by atoms with Gasteiger partial charge in [0.15, 0.2) is 0 Å². The summed E-state index contributed by atoms with van der Waals surface area (Å²) in [4.78, 5) is 15.8. The predicted molar refractivity (Wildman–Crippen MR) is 182 cm³/mol. The van der Waals surface area contributed by atoms with Gasteiger partial charge in [-0.2, -0.15) is 0 Å². The molecule has 0 bridgehead atoms. The fourth-order valence-electron chi connectivity index (χ4n) is 5.54. The third-order valence-corrected chi connectivity index (χ3v) is 7.87. The molecule has 0 fully saturated rings. The van der Waals surface area contributed by atoms with Gasteiger partial charge in [-0.15, -0.1) is 0 Å². The summed E-state index contributed by atoms with van der Waals surface area (Å²) in [6.07, 6.45) is 5.11. The quantitative estimate of drug-likeness (QED) is 0.195.